The zero-order chi connectivity index (χ0) is 20.8. The van der Waals surface area contributed by atoms with E-state index in [0.29, 0.717) is 5.71 Å². The van der Waals surface area contributed by atoms with Crippen LogP contribution in [0, 0.1) is 6.92 Å². The zero-order valence-electron chi connectivity index (χ0n) is 17.1. The predicted octanol–water partition coefficient (Wildman–Crippen LogP) is 6.15. The van der Waals surface area contributed by atoms with Crippen LogP contribution in [0.4, 0.5) is 11.4 Å². The molecule has 1 aromatic heterocycles. The van der Waals surface area contributed by atoms with Crippen LogP contribution in [0.1, 0.15) is 25.0 Å². The molecule has 0 saturated carbocycles. The van der Waals surface area contributed by atoms with Crippen LogP contribution >= 0.6 is 11.3 Å². The highest BCUT2D eigenvalue weighted by atomic mass is 32.1. The van der Waals surface area contributed by atoms with Gasteiger partial charge in [0.05, 0.1) is 21.6 Å². The van der Waals surface area contributed by atoms with E-state index in [0.717, 1.165) is 33.0 Å². The number of aromatic nitrogens is 1. The molecule has 2 heterocycles. The van der Waals surface area contributed by atoms with Crippen molar-refractivity contribution < 1.29 is 4.79 Å². The molecule has 0 unspecified atom stereocenters. The van der Waals surface area contributed by atoms with Crippen molar-refractivity contribution in [2.75, 3.05) is 4.90 Å². The lowest BCUT2D eigenvalue weighted by atomic mass is 10.1. The van der Waals surface area contributed by atoms with Gasteiger partial charge in [-0.05, 0) is 68.8 Å². The van der Waals surface area contributed by atoms with E-state index in [9.17, 15) is 4.79 Å². The molecule has 3 aromatic carbocycles. The molecule has 1 aliphatic rings. The van der Waals surface area contributed by atoms with Crippen LogP contribution in [-0.2, 0) is 4.79 Å². The molecular formula is C25H21N3OS. The van der Waals surface area contributed by atoms with Crippen molar-refractivity contribution in [3.05, 3.63) is 77.9 Å². The number of amides is 1. The van der Waals surface area contributed by atoms with Crippen LogP contribution in [0.3, 0.4) is 0 Å². The van der Waals surface area contributed by atoms with E-state index in [1.165, 1.54) is 10.3 Å². The number of rotatable bonds is 3. The summed E-state index contributed by atoms with van der Waals surface area (Å²) < 4.78 is 1.19. The number of aryl methyl sites for hydroxylation is 1. The summed E-state index contributed by atoms with van der Waals surface area (Å²) in [6, 6.07) is 22.2. The maximum Gasteiger partial charge on any atom is 0.277 e. The van der Waals surface area contributed by atoms with Gasteiger partial charge in [0.1, 0.15) is 10.7 Å². The second-order valence-corrected chi connectivity index (χ2v) is 8.81. The highest BCUT2D eigenvalue weighted by Gasteiger charge is 2.35. The quantitative estimate of drug-likeness (QED) is 0.406. The molecule has 0 aliphatic carbocycles. The van der Waals surface area contributed by atoms with E-state index in [-0.39, 0.29) is 11.9 Å². The number of nitrogens with zero attached hydrogens (tertiary/aromatic N) is 3. The number of hydrogen-bond donors (Lipinski definition) is 0. The molecule has 0 N–H and O–H groups in total. The van der Waals surface area contributed by atoms with Crippen molar-refractivity contribution in [3.8, 4) is 10.6 Å². The van der Waals surface area contributed by atoms with Crippen LogP contribution < -0.4 is 4.90 Å². The normalized spacial score (nSPS) is 14.9. The van der Waals surface area contributed by atoms with Crippen molar-refractivity contribution in [2.24, 2.45) is 4.99 Å². The largest absolute Gasteiger partial charge is 0.304 e. The van der Waals surface area contributed by atoms with E-state index in [1.54, 1.807) is 11.3 Å². The number of thiazole rings is 1. The summed E-state index contributed by atoms with van der Waals surface area (Å²) >= 11 is 1.69. The minimum Gasteiger partial charge on any atom is -0.304 e. The summed E-state index contributed by atoms with van der Waals surface area (Å²) in [6.45, 7) is 6.13. The average Bonchev–Trinajstić information content (AvgIpc) is 3.27. The van der Waals surface area contributed by atoms with E-state index < -0.39 is 0 Å². The van der Waals surface area contributed by atoms with Gasteiger partial charge in [-0.15, -0.1) is 11.3 Å². The summed E-state index contributed by atoms with van der Waals surface area (Å²) in [5.74, 6) is -0.0446. The van der Waals surface area contributed by atoms with E-state index in [2.05, 4.69) is 25.1 Å². The van der Waals surface area contributed by atoms with Gasteiger partial charge in [-0.2, -0.15) is 0 Å². The summed E-state index contributed by atoms with van der Waals surface area (Å²) in [5, 5.41) is 0.989. The smallest absolute Gasteiger partial charge is 0.277 e. The third-order valence-corrected chi connectivity index (χ3v) is 6.32. The van der Waals surface area contributed by atoms with Gasteiger partial charge in [0.2, 0.25) is 0 Å². The molecule has 0 fully saturated rings. The lowest BCUT2D eigenvalue weighted by molar-refractivity contribution is -0.112. The van der Waals surface area contributed by atoms with E-state index >= 15 is 0 Å². The van der Waals surface area contributed by atoms with E-state index in [4.69, 9.17) is 9.98 Å². The van der Waals surface area contributed by atoms with Gasteiger partial charge in [0, 0.05) is 17.2 Å². The first kappa shape index (κ1) is 18.7. The maximum atomic E-state index is 13.0. The third kappa shape index (κ3) is 3.12. The number of para-hydroxylation sites is 1. The van der Waals surface area contributed by atoms with Crippen molar-refractivity contribution in [1.82, 2.24) is 4.98 Å². The number of hydrogen-bond acceptors (Lipinski definition) is 4. The Morgan fingerprint density at radius 3 is 2.53 bits per heavy atom. The molecule has 4 nitrogen and oxygen atoms in total. The Morgan fingerprint density at radius 2 is 1.77 bits per heavy atom. The molecule has 0 atom stereocenters. The third-order valence-electron chi connectivity index (χ3n) is 5.26. The van der Waals surface area contributed by atoms with Crippen molar-refractivity contribution in [2.45, 2.75) is 26.8 Å². The maximum absolute atomic E-state index is 13.0. The number of anilines is 1. The molecule has 0 spiro atoms. The summed E-state index contributed by atoms with van der Waals surface area (Å²) in [5.41, 5.74) is 6.40. The fourth-order valence-electron chi connectivity index (χ4n) is 3.81. The molecule has 4 aromatic rings. The molecular weight excluding hydrogens is 390 g/mol. The van der Waals surface area contributed by atoms with Gasteiger partial charge in [0.25, 0.3) is 5.91 Å². The van der Waals surface area contributed by atoms with Gasteiger partial charge >= 0.3 is 0 Å². The topological polar surface area (TPSA) is 45.6 Å². The van der Waals surface area contributed by atoms with Crippen LogP contribution in [-0.4, -0.2) is 22.6 Å². The van der Waals surface area contributed by atoms with Gasteiger partial charge < -0.3 is 4.90 Å². The van der Waals surface area contributed by atoms with E-state index in [1.807, 2.05) is 67.3 Å². The lowest BCUT2D eigenvalue weighted by Crippen LogP contribution is -2.35. The zero-order valence-corrected chi connectivity index (χ0v) is 17.9. The van der Waals surface area contributed by atoms with Gasteiger partial charge in [-0.3, -0.25) is 4.79 Å². The van der Waals surface area contributed by atoms with Crippen LogP contribution in [0.25, 0.3) is 20.8 Å². The Kier molecular flexibility index (Phi) is 4.48. The molecule has 1 amide bonds. The Hall–Kier alpha value is -3.31. The number of aliphatic imine (C=N–C) groups is 1. The van der Waals surface area contributed by atoms with Crippen LogP contribution in [0.15, 0.2) is 71.7 Å². The SMILES string of the molecule is Cc1ccc2nc(-c3ccc(N=C4C(=O)N(C(C)C)c5ccccc54)cc3)sc2c1. The first-order chi connectivity index (χ1) is 14.5. The highest BCUT2D eigenvalue weighted by molar-refractivity contribution is 7.21. The van der Waals surface area contributed by atoms with Crippen LogP contribution in [0.2, 0.25) is 0 Å². The Morgan fingerprint density at radius 1 is 1.00 bits per heavy atom. The van der Waals surface area contributed by atoms with Crippen molar-refractivity contribution in [3.63, 3.8) is 0 Å². The molecule has 5 heteroatoms. The molecule has 1 aliphatic heterocycles. The predicted molar refractivity (Wildman–Crippen MR) is 125 cm³/mol. The number of fused-ring (bicyclic) bond motifs is 2. The summed E-state index contributed by atoms with van der Waals surface area (Å²) in [4.78, 5) is 24.3. The number of carbonyl (C=O) groups excluding carboxylic acids is 1. The first-order valence-electron chi connectivity index (χ1n) is 10.0. The fourth-order valence-corrected chi connectivity index (χ4v) is 4.88. The fraction of sp³-hybridized carbons (Fsp3) is 0.160. The lowest BCUT2D eigenvalue weighted by Gasteiger charge is -2.20. The Bertz CT molecular complexity index is 1300. The minimum atomic E-state index is -0.0446. The molecule has 5 rings (SSSR count). The van der Waals surface area contributed by atoms with Crippen molar-refractivity contribution in [1.29, 1.82) is 0 Å². The molecule has 148 valence electrons. The standard InChI is InChI=1S/C25H21N3OS/c1-15(2)28-21-7-5-4-6-19(21)23(25(28)29)26-18-11-9-17(10-12-18)24-27-20-13-8-16(3)14-22(20)30-24/h4-15H,1-3H3. The average molecular weight is 412 g/mol. The number of carbonyl (C=O) groups is 1. The summed E-state index contributed by atoms with van der Waals surface area (Å²) in [6.07, 6.45) is 0. The summed E-state index contributed by atoms with van der Waals surface area (Å²) in [7, 11) is 0. The van der Waals surface area contributed by atoms with Crippen molar-refractivity contribution >= 4 is 44.5 Å². The second-order valence-electron chi connectivity index (χ2n) is 7.78. The number of benzene rings is 3. The monoisotopic (exact) mass is 411 g/mol. The van der Waals surface area contributed by atoms with Crippen LogP contribution in [0.5, 0.6) is 0 Å². The highest BCUT2D eigenvalue weighted by Crippen LogP contribution is 2.34. The van der Waals surface area contributed by atoms with Gasteiger partial charge in [-0.25, -0.2) is 9.98 Å². The Balaban J connectivity index is 1.50. The second kappa shape index (κ2) is 7.18. The molecule has 30 heavy (non-hydrogen) atoms. The minimum absolute atomic E-state index is 0.0446. The molecule has 0 bridgehead atoms. The Labute approximate surface area is 179 Å². The molecule has 0 radical (unpaired) electrons. The van der Waals surface area contributed by atoms with Gasteiger partial charge in [-0.1, -0.05) is 24.3 Å². The molecule has 0 saturated heterocycles. The van der Waals surface area contributed by atoms with Gasteiger partial charge in [0.15, 0.2) is 0 Å². The first-order valence-corrected chi connectivity index (χ1v) is 10.8.